The van der Waals surface area contributed by atoms with E-state index >= 15 is 0 Å². The maximum absolute atomic E-state index is 13.3. The van der Waals surface area contributed by atoms with E-state index in [2.05, 4.69) is 15.2 Å². The largest absolute Gasteiger partial charge is 0.497 e. The Morgan fingerprint density at radius 3 is 2.47 bits per heavy atom. The van der Waals surface area contributed by atoms with Crippen LogP contribution in [0, 0.1) is 13.8 Å². The Bertz CT molecular complexity index is 1440. The molecular weight excluding hydrogens is 476 g/mol. The second kappa shape index (κ2) is 11.1. The van der Waals surface area contributed by atoms with Crippen LogP contribution >= 0.6 is 0 Å². The number of nitrogens with one attached hydrogen (secondary N) is 1. The number of nitrogen functional groups attached to an aromatic ring is 1. The van der Waals surface area contributed by atoms with Gasteiger partial charge in [-0.3, -0.25) is 14.7 Å². The number of ether oxygens (including phenoxy) is 2. The molecule has 1 aromatic heterocycles. The summed E-state index contributed by atoms with van der Waals surface area (Å²) < 4.78 is 11.4. The molecule has 3 aromatic carbocycles. The third-order valence-electron chi connectivity index (χ3n) is 7.33. The van der Waals surface area contributed by atoms with Gasteiger partial charge in [0.25, 0.3) is 5.91 Å². The number of hydrogen-bond acceptors (Lipinski definition) is 6. The minimum absolute atomic E-state index is 0.131. The van der Waals surface area contributed by atoms with Crippen molar-refractivity contribution in [2.24, 2.45) is 0 Å². The Morgan fingerprint density at radius 2 is 1.74 bits per heavy atom. The third kappa shape index (κ3) is 5.58. The normalized spacial score (nSPS) is 14.4. The molecule has 0 bridgehead atoms. The molecule has 4 aromatic rings. The van der Waals surface area contributed by atoms with Gasteiger partial charge in [-0.25, -0.2) is 0 Å². The quantitative estimate of drug-likeness (QED) is 0.330. The number of pyridine rings is 1. The molecule has 1 aliphatic rings. The summed E-state index contributed by atoms with van der Waals surface area (Å²) in [5.74, 6) is 1.55. The average Bonchev–Trinajstić information content (AvgIpc) is 2.94. The van der Waals surface area contributed by atoms with E-state index in [1.54, 1.807) is 7.11 Å². The number of amides is 1. The van der Waals surface area contributed by atoms with Crippen LogP contribution in [0.3, 0.4) is 0 Å². The van der Waals surface area contributed by atoms with Crippen LogP contribution in [0.5, 0.6) is 11.5 Å². The van der Waals surface area contributed by atoms with E-state index in [4.69, 9.17) is 15.2 Å². The van der Waals surface area contributed by atoms with E-state index in [1.165, 1.54) is 0 Å². The zero-order valence-electron chi connectivity index (χ0n) is 22.2. The van der Waals surface area contributed by atoms with Crippen molar-refractivity contribution in [2.75, 3.05) is 31.2 Å². The zero-order valence-corrected chi connectivity index (χ0v) is 22.2. The maximum Gasteiger partial charge on any atom is 0.255 e. The summed E-state index contributed by atoms with van der Waals surface area (Å²) in [6.45, 7) is 6.45. The molecule has 0 spiro atoms. The van der Waals surface area contributed by atoms with Crippen LogP contribution in [0.1, 0.15) is 40.0 Å². The second-order valence-electron chi connectivity index (χ2n) is 9.85. The molecule has 0 aliphatic carbocycles. The van der Waals surface area contributed by atoms with Crippen molar-refractivity contribution < 1.29 is 14.3 Å². The lowest BCUT2D eigenvalue weighted by Crippen LogP contribution is -2.38. The molecule has 1 fully saturated rings. The van der Waals surface area contributed by atoms with Gasteiger partial charge >= 0.3 is 0 Å². The van der Waals surface area contributed by atoms with Gasteiger partial charge in [-0.1, -0.05) is 18.2 Å². The van der Waals surface area contributed by atoms with E-state index in [1.807, 2.05) is 80.6 Å². The molecular formula is C31H34N4O3. The summed E-state index contributed by atoms with van der Waals surface area (Å²) in [5, 5.41) is 3.91. The highest BCUT2D eigenvalue weighted by atomic mass is 16.5. The highest BCUT2D eigenvalue weighted by Crippen LogP contribution is 2.28. The number of hydrogen-bond donors (Lipinski definition) is 2. The standard InChI is InChI=1S/C31H34N4O3/c1-20-21(2)33-29-13-8-23(18-28(29)30(20)32)34-31(36)27-7-5-4-6-22(27)19-35-16-14-26(15-17-35)38-25-11-9-24(37-3)10-12-25/h4-13,18,26H,14-17,19H2,1-3H3,(H2,32,33)(H,34,36). The molecule has 2 heterocycles. The second-order valence-corrected chi connectivity index (χ2v) is 9.85. The fourth-order valence-corrected chi connectivity index (χ4v) is 4.94. The number of carbonyl (C=O) groups excluding carboxylic acids is 1. The van der Waals surface area contributed by atoms with Crippen molar-refractivity contribution >= 4 is 28.2 Å². The molecule has 5 rings (SSSR count). The van der Waals surface area contributed by atoms with Crippen LogP contribution in [0.4, 0.5) is 11.4 Å². The van der Waals surface area contributed by atoms with Gasteiger partial charge in [-0.2, -0.15) is 0 Å². The molecule has 0 unspecified atom stereocenters. The Morgan fingerprint density at radius 1 is 1.03 bits per heavy atom. The predicted molar refractivity (Wildman–Crippen MR) is 152 cm³/mol. The average molecular weight is 511 g/mol. The number of likely N-dealkylation sites (tertiary alicyclic amines) is 1. The minimum Gasteiger partial charge on any atom is -0.497 e. The van der Waals surface area contributed by atoms with Gasteiger partial charge in [0.15, 0.2) is 0 Å². The van der Waals surface area contributed by atoms with Crippen molar-refractivity contribution in [1.82, 2.24) is 9.88 Å². The molecule has 38 heavy (non-hydrogen) atoms. The first-order valence-electron chi connectivity index (χ1n) is 13.0. The zero-order chi connectivity index (χ0) is 26.6. The van der Waals surface area contributed by atoms with Crippen molar-refractivity contribution in [3.63, 3.8) is 0 Å². The number of fused-ring (bicyclic) bond motifs is 1. The van der Waals surface area contributed by atoms with E-state index in [0.717, 1.165) is 65.2 Å². The molecule has 0 radical (unpaired) electrons. The molecule has 3 N–H and O–H groups in total. The summed E-state index contributed by atoms with van der Waals surface area (Å²) in [4.78, 5) is 20.3. The molecule has 0 atom stereocenters. The smallest absolute Gasteiger partial charge is 0.255 e. The molecule has 7 heteroatoms. The lowest BCUT2D eigenvalue weighted by atomic mass is 10.0. The summed E-state index contributed by atoms with van der Waals surface area (Å²) >= 11 is 0. The van der Waals surface area contributed by atoms with Crippen LogP contribution in [-0.2, 0) is 6.54 Å². The molecule has 1 amide bonds. The van der Waals surface area contributed by atoms with Gasteiger partial charge in [0.1, 0.15) is 17.6 Å². The van der Waals surface area contributed by atoms with E-state index in [0.29, 0.717) is 23.5 Å². The summed E-state index contributed by atoms with van der Waals surface area (Å²) in [7, 11) is 1.66. The summed E-state index contributed by atoms with van der Waals surface area (Å²) in [5.41, 5.74) is 12.1. The Labute approximate surface area is 223 Å². The third-order valence-corrected chi connectivity index (χ3v) is 7.33. The number of aromatic nitrogens is 1. The van der Waals surface area contributed by atoms with Gasteiger partial charge in [0.2, 0.25) is 0 Å². The van der Waals surface area contributed by atoms with Crippen molar-refractivity contribution in [3.05, 3.63) is 89.1 Å². The summed E-state index contributed by atoms with van der Waals surface area (Å²) in [6.07, 6.45) is 2.05. The van der Waals surface area contributed by atoms with Crippen LogP contribution in [0.25, 0.3) is 10.9 Å². The number of aryl methyl sites for hydroxylation is 1. The molecule has 1 aliphatic heterocycles. The number of anilines is 2. The predicted octanol–water partition coefficient (Wildman–Crippen LogP) is 5.74. The van der Waals surface area contributed by atoms with Crippen LogP contribution in [-0.4, -0.2) is 42.1 Å². The van der Waals surface area contributed by atoms with E-state index < -0.39 is 0 Å². The van der Waals surface area contributed by atoms with E-state index in [9.17, 15) is 4.79 Å². The maximum atomic E-state index is 13.3. The monoisotopic (exact) mass is 510 g/mol. The van der Waals surface area contributed by atoms with Gasteiger partial charge in [0.05, 0.1) is 12.6 Å². The SMILES string of the molecule is COc1ccc(OC2CCN(Cc3ccccc3C(=O)Nc3ccc4nc(C)c(C)c(N)c4c3)CC2)cc1. The van der Waals surface area contributed by atoms with Crippen LogP contribution in [0.15, 0.2) is 66.7 Å². The van der Waals surface area contributed by atoms with Crippen LogP contribution < -0.4 is 20.5 Å². The fourth-order valence-electron chi connectivity index (χ4n) is 4.94. The first-order chi connectivity index (χ1) is 18.4. The van der Waals surface area contributed by atoms with Gasteiger partial charge in [0, 0.05) is 47.7 Å². The highest BCUT2D eigenvalue weighted by molar-refractivity contribution is 6.06. The van der Waals surface area contributed by atoms with E-state index in [-0.39, 0.29) is 12.0 Å². The number of nitrogens with zero attached hydrogens (tertiary/aromatic N) is 2. The minimum atomic E-state index is -0.131. The van der Waals surface area contributed by atoms with Gasteiger partial charge in [-0.05, 0) is 86.3 Å². The van der Waals surface area contributed by atoms with Crippen molar-refractivity contribution in [3.8, 4) is 11.5 Å². The topological polar surface area (TPSA) is 89.7 Å². The summed E-state index contributed by atoms with van der Waals surface area (Å²) in [6, 6.07) is 21.2. The van der Waals surface area contributed by atoms with Crippen LogP contribution in [0.2, 0.25) is 0 Å². The molecule has 1 saturated heterocycles. The first kappa shape index (κ1) is 25.5. The number of nitrogens with two attached hydrogens (primary N) is 1. The number of benzene rings is 3. The van der Waals surface area contributed by atoms with Crippen molar-refractivity contribution in [2.45, 2.75) is 39.3 Å². The Hall–Kier alpha value is -4.10. The molecule has 0 saturated carbocycles. The molecule has 196 valence electrons. The number of carbonyl (C=O) groups is 1. The lowest BCUT2D eigenvalue weighted by Gasteiger charge is -2.32. The fraction of sp³-hybridized carbons (Fsp3) is 0.290. The lowest BCUT2D eigenvalue weighted by molar-refractivity contribution is 0.0952. The Kier molecular flexibility index (Phi) is 7.47. The first-order valence-corrected chi connectivity index (χ1v) is 13.0. The van der Waals surface area contributed by atoms with Crippen molar-refractivity contribution in [1.29, 1.82) is 0 Å². The number of piperidine rings is 1. The number of methoxy groups -OCH3 is 1. The van der Waals surface area contributed by atoms with Gasteiger partial charge in [-0.15, -0.1) is 0 Å². The number of rotatable bonds is 7. The van der Waals surface area contributed by atoms with Gasteiger partial charge < -0.3 is 20.5 Å². The highest BCUT2D eigenvalue weighted by Gasteiger charge is 2.22. The Balaban J connectivity index is 1.22. The molecule has 7 nitrogen and oxygen atoms in total.